The number of aromatic nitrogens is 2. The van der Waals surface area contributed by atoms with Crippen molar-refractivity contribution < 1.29 is 14.3 Å². The first-order valence-electron chi connectivity index (χ1n) is 8.43. The molecule has 1 N–H and O–H groups in total. The number of benzene rings is 1. The number of carbonyl (C=O) groups is 1. The van der Waals surface area contributed by atoms with E-state index < -0.39 is 5.91 Å². The summed E-state index contributed by atoms with van der Waals surface area (Å²) in [6, 6.07) is 5.26. The van der Waals surface area contributed by atoms with Crippen molar-refractivity contribution in [1.29, 1.82) is 0 Å². The Hall–Kier alpha value is -3.20. The molecule has 0 atom stereocenters. The maximum Gasteiger partial charge on any atom is 0.262 e. The van der Waals surface area contributed by atoms with Crippen LogP contribution in [-0.2, 0) is 11.3 Å². The van der Waals surface area contributed by atoms with Gasteiger partial charge in [0.05, 0.1) is 32.1 Å². The number of rotatable bonds is 6. The van der Waals surface area contributed by atoms with Crippen LogP contribution in [0.2, 0.25) is 0 Å². The highest BCUT2D eigenvalue weighted by molar-refractivity contribution is 7.18. The third-order valence-electron chi connectivity index (χ3n) is 4.28. The van der Waals surface area contributed by atoms with E-state index in [0.29, 0.717) is 21.7 Å². The van der Waals surface area contributed by atoms with Crippen LogP contribution in [0.3, 0.4) is 0 Å². The molecule has 1 amide bonds. The Kier molecular flexibility index (Phi) is 5.74. The lowest BCUT2D eigenvalue weighted by Crippen LogP contribution is -2.30. The molecule has 0 radical (unpaired) electrons. The van der Waals surface area contributed by atoms with E-state index in [-0.39, 0.29) is 12.1 Å². The van der Waals surface area contributed by atoms with E-state index in [9.17, 15) is 9.59 Å². The Labute approximate surface area is 165 Å². The zero-order chi connectivity index (χ0) is 20.3. The summed E-state index contributed by atoms with van der Waals surface area (Å²) in [7, 11) is 3.10. The quantitative estimate of drug-likeness (QED) is 0.506. The Morgan fingerprint density at radius 2 is 2.04 bits per heavy atom. The summed E-state index contributed by atoms with van der Waals surface area (Å²) in [6.45, 7) is 3.66. The first-order valence-corrected chi connectivity index (χ1v) is 9.25. The predicted molar refractivity (Wildman–Crippen MR) is 109 cm³/mol. The number of nitrogens with zero attached hydrogens (tertiary/aromatic N) is 3. The van der Waals surface area contributed by atoms with Gasteiger partial charge in [-0.2, -0.15) is 5.10 Å². The largest absolute Gasteiger partial charge is 0.493 e. The highest BCUT2D eigenvalue weighted by Gasteiger charge is 2.13. The van der Waals surface area contributed by atoms with Gasteiger partial charge < -0.3 is 9.47 Å². The molecule has 0 unspecified atom stereocenters. The minimum absolute atomic E-state index is 0.167. The number of ether oxygens (including phenoxy) is 2. The molecule has 0 aliphatic rings. The first-order chi connectivity index (χ1) is 13.4. The number of hydrogen-bond acceptors (Lipinski definition) is 7. The molecule has 0 fully saturated rings. The van der Waals surface area contributed by atoms with E-state index in [2.05, 4.69) is 15.5 Å². The molecule has 0 saturated heterocycles. The van der Waals surface area contributed by atoms with Crippen LogP contribution in [0.25, 0.3) is 10.2 Å². The van der Waals surface area contributed by atoms with Crippen LogP contribution < -0.4 is 20.5 Å². The van der Waals surface area contributed by atoms with Gasteiger partial charge in [-0.25, -0.2) is 10.4 Å². The zero-order valence-corrected chi connectivity index (χ0v) is 16.8. The van der Waals surface area contributed by atoms with E-state index in [1.165, 1.54) is 28.4 Å². The Balaban J connectivity index is 1.70. The van der Waals surface area contributed by atoms with Crippen molar-refractivity contribution in [1.82, 2.24) is 15.0 Å². The Bertz CT molecular complexity index is 1120. The van der Waals surface area contributed by atoms with Crippen molar-refractivity contribution in [3.63, 3.8) is 0 Å². The molecule has 0 bridgehead atoms. The second kappa shape index (κ2) is 8.22. The number of fused-ring (bicyclic) bond motifs is 1. The van der Waals surface area contributed by atoms with Gasteiger partial charge in [0.25, 0.3) is 11.5 Å². The summed E-state index contributed by atoms with van der Waals surface area (Å²) in [4.78, 5) is 30.8. The first kappa shape index (κ1) is 19.6. The average Bonchev–Trinajstić information content (AvgIpc) is 2.98. The van der Waals surface area contributed by atoms with Crippen molar-refractivity contribution in [2.75, 3.05) is 14.2 Å². The van der Waals surface area contributed by atoms with E-state index in [0.717, 1.165) is 16.0 Å². The van der Waals surface area contributed by atoms with Crippen LogP contribution in [0.1, 0.15) is 16.0 Å². The maximum atomic E-state index is 12.6. The summed E-state index contributed by atoms with van der Waals surface area (Å²) in [5, 5.41) is 4.49. The van der Waals surface area contributed by atoms with Crippen molar-refractivity contribution in [2.24, 2.45) is 5.10 Å². The number of hydrazone groups is 1. The normalized spacial score (nSPS) is 11.1. The topological polar surface area (TPSA) is 94.8 Å². The molecule has 1 aromatic carbocycles. The minimum atomic E-state index is -0.426. The Morgan fingerprint density at radius 3 is 2.75 bits per heavy atom. The smallest absolute Gasteiger partial charge is 0.262 e. The molecule has 0 spiro atoms. The van der Waals surface area contributed by atoms with Gasteiger partial charge in [0, 0.05) is 4.88 Å². The monoisotopic (exact) mass is 400 g/mol. The molecule has 0 aliphatic heterocycles. The van der Waals surface area contributed by atoms with Crippen molar-refractivity contribution in [3.05, 3.63) is 50.9 Å². The molecule has 3 rings (SSSR count). The minimum Gasteiger partial charge on any atom is -0.493 e. The molecule has 9 heteroatoms. The number of aryl methyl sites for hydroxylation is 2. The lowest BCUT2D eigenvalue weighted by Gasteiger charge is -2.07. The van der Waals surface area contributed by atoms with Crippen LogP contribution in [0, 0.1) is 13.8 Å². The van der Waals surface area contributed by atoms with Crippen LogP contribution in [0.15, 0.2) is 34.4 Å². The van der Waals surface area contributed by atoms with Gasteiger partial charge in [-0.15, -0.1) is 11.3 Å². The van der Waals surface area contributed by atoms with E-state index >= 15 is 0 Å². The molecular formula is C19H20N4O4S. The fourth-order valence-corrected chi connectivity index (χ4v) is 3.67. The van der Waals surface area contributed by atoms with E-state index in [1.807, 2.05) is 13.8 Å². The Morgan fingerprint density at radius 1 is 1.29 bits per heavy atom. The van der Waals surface area contributed by atoms with Gasteiger partial charge in [0.1, 0.15) is 11.4 Å². The van der Waals surface area contributed by atoms with Gasteiger partial charge in [0.15, 0.2) is 11.5 Å². The highest BCUT2D eigenvalue weighted by atomic mass is 32.1. The third kappa shape index (κ3) is 3.89. The van der Waals surface area contributed by atoms with Crippen molar-refractivity contribution in [3.8, 4) is 11.5 Å². The summed E-state index contributed by atoms with van der Waals surface area (Å²) >= 11 is 1.47. The van der Waals surface area contributed by atoms with Gasteiger partial charge >= 0.3 is 0 Å². The number of carbonyl (C=O) groups excluding carboxylic acids is 1. The van der Waals surface area contributed by atoms with Crippen molar-refractivity contribution >= 4 is 33.7 Å². The fourth-order valence-electron chi connectivity index (χ4n) is 2.68. The SMILES string of the molecule is COc1ccc(/C=N/NC(=O)Cn2cnc3sc(C)c(C)c3c2=O)cc1OC. The fraction of sp³-hybridized carbons (Fsp3) is 0.263. The second-order valence-electron chi connectivity index (χ2n) is 6.05. The molecule has 28 heavy (non-hydrogen) atoms. The second-order valence-corrected chi connectivity index (χ2v) is 7.25. The average molecular weight is 400 g/mol. The predicted octanol–water partition coefficient (Wildman–Crippen LogP) is 2.24. The maximum absolute atomic E-state index is 12.6. The molecule has 146 valence electrons. The van der Waals surface area contributed by atoms with Gasteiger partial charge in [-0.1, -0.05) is 0 Å². The zero-order valence-electron chi connectivity index (χ0n) is 16.0. The lowest BCUT2D eigenvalue weighted by molar-refractivity contribution is -0.121. The number of amides is 1. The standard InChI is InChI=1S/C19H20N4O4S/c1-11-12(2)28-18-17(11)19(25)23(10-20-18)9-16(24)22-21-8-13-5-6-14(26-3)15(7-13)27-4/h5-8,10H,9H2,1-4H3,(H,22,24)/b21-8+. The number of nitrogens with one attached hydrogen (secondary N) is 1. The summed E-state index contributed by atoms with van der Waals surface area (Å²) in [5.41, 5.74) is 3.81. The summed E-state index contributed by atoms with van der Waals surface area (Å²) in [6.07, 6.45) is 2.87. The number of hydrogen-bond donors (Lipinski definition) is 1. The molecule has 8 nitrogen and oxygen atoms in total. The summed E-state index contributed by atoms with van der Waals surface area (Å²) < 4.78 is 11.7. The molecule has 3 aromatic rings. The highest BCUT2D eigenvalue weighted by Crippen LogP contribution is 2.27. The number of thiophene rings is 1. The summed E-state index contributed by atoms with van der Waals surface area (Å²) in [5.74, 6) is 0.736. The van der Waals surface area contributed by atoms with Crippen LogP contribution in [0.4, 0.5) is 0 Å². The van der Waals surface area contributed by atoms with Gasteiger partial charge in [-0.3, -0.25) is 14.2 Å². The molecule has 2 aromatic heterocycles. The van der Waals surface area contributed by atoms with Gasteiger partial charge in [-0.05, 0) is 43.2 Å². The van der Waals surface area contributed by atoms with E-state index in [1.54, 1.807) is 32.4 Å². The molecule has 0 aliphatic carbocycles. The molecule has 2 heterocycles. The van der Waals surface area contributed by atoms with Gasteiger partial charge in [0.2, 0.25) is 0 Å². The molecule has 0 saturated carbocycles. The van der Waals surface area contributed by atoms with Crippen LogP contribution in [-0.4, -0.2) is 35.9 Å². The molecular weight excluding hydrogens is 380 g/mol. The lowest BCUT2D eigenvalue weighted by atomic mass is 10.2. The number of methoxy groups -OCH3 is 2. The van der Waals surface area contributed by atoms with E-state index in [4.69, 9.17) is 9.47 Å². The van der Waals surface area contributed by atoms with Crippen LogP contribution in [0.5, 0.6) is 11.5 Å². The van der Waals surface area contributed by atoms with Crippen LogP contribution >= 0.6 is 11.3 Å². The third-order valence-corrected chi connectivity index (χ3v) is 5.40. The van der Waals surface area contributed by atoms with Crippen molar-refractivity contribution in [2.45, 2.75) is 20.4 Å².